The SMILES string of the molecule is CCOC(=O)c1ccc(N)c(OCCCCO)c1. The Morgan fingerprint density at radius 2 is 2.17 bits per heavy atom. The second-order valence-electron chi connectivity index (χ2n) is 3.75. The van der Waals surface area contributed by atoms with E-state index in [0.717, 1.165) is 6.42 Å². The van der Waals surface area contributed by atoms with Crippen LogP contribution in [-0.4, -0.2) is 30.9 Å². The molecular formula is C13H19NO4. The van der Waals surface area contributed by atoms with Crippen molar-refractivity contribution in [3.8, 4) is 5.75 Å². The Kier molecular flexibility index (Phi) is 6.00. The maximum atomic E-state index is 11.5. The molecule has 0 aliphatic rings. The number of ether oxygens (including phenoxy) is 2. The molecular weight excluding hydrogens is 234 g/mol. The zero-order valence-corrected chi connectivity index (χ0v) is 10.5. The van der Waals surface area contributed by atoms with E-state index in [0.29, 0.717) is 36.6 Å². The number of unbranched alkanes of at least 4 members (excludes halogenated alkanes) is 1. The molecule has 0 fully saturated rings. The number of carbonyl (C=O) groups excluding carboxylic acids is 1. The maximum absolute atomic E-state index is 11.5. The lowest BCUT2D eigenvalue weighted by molar-refractivity contribution is 0.0526. The first-order chi connectivity index (χ1) is 8.69. The zero-order chi connectivity index (χ0) is 13.4. The van der Waals surface area contributed by atoms with Crippen LogP contribution in [-0.2, 0) is 4.74 Å². The standard InChI is InChI=1S/C13H19NO4/c1-2-17-13(16)10-5-6-11(14)12(9-10)18-8-4-3-7-15/h5-6,9,15H,2-4,7-8,14H2,1H3. The number of esters is 1. The third-order valence-corrected chi connectivity index (χ3v) is 2.33. The molecule has 100 valence electrons. The van der Waals surface area contributed by atoms with E-state index in [-0.39, 0.29) is 6.61 Å². The number of aliphatic hydroxyl groups excluding tert-OH is 1. The van der Waals surface area contributed by atoms with E-state index in [4.69, 9.17) is 20.3 Å². The summed E-state index contributed by atoms with van der Waals surface area (Å²) in [6.45, 7) is 2.68. The average molecular weight is 253 g/mol. The average Bonchev–Trinajstić information content (AvgIpc) is 2.37. The second kappa shape index (κ2) is 7.55. The van der Waals surface area contributed by atoms with Gasteiger partial charge in [-0.3, -0.25) is 0 Å². The van der Waals surface area contributed by atoms with Crippen molar-refractivity contribution in [2.45, 2.75) is 19.8 Å². The topological polar surface area (TPSA) is 81.8 Å². The lowest BCUT2D eigenvalue weighted by Crippen LogP contribution is -2.07. The quantitative estimate of drug-likeness (QED) is 0.438. The van der Waals surface area contributed by atoms with Crippen molar-refractivity contribution in [3.05, 3.63) is 23.8 Å². The number of nitrogen functional groups attached to an aromatic ring is 1. The lowest BCUT2D eigenvalue weighted by atomic mass is 10.2. The molecule has 1 rings (SSSR count). The lowest BCUT2D eigenvalue weighted by Gasteiger charge is -2.10. The molecule has 5 heteroatoms. The highest BCUT2D eigenvalue weighted by molar-refractivity contribution is 5.90. The van der Waals surface area contributed by atoms with E-state index in [1.807, 2.05) is 0 Å². The van der Waals surface area contributed by atoms with Crippen molar-refractivity contribution >= 4 is 11.7 Å². The fourth-order valence-electron chi connectivity index (χ4n) is 1.40. The summed E-state index contributed by atoms with van der Waals surface area (Å²) in [4.78, 5) is 11.5. The predicted molar refractivity (Wildman–Crippen MR) is 68.6 cm³/mol. The van der Waals surface area contributed by atoms with Crippen LogP contribution in [0.1, 0.15) is 30.1 Å². The van der Waals surface area contributed by atoms with Gasteiger partial charge in [-0.25, -0.2) is 4.79 Å². The molecule has 0 aliphatic carbocycles. The zero-order valence-electron chi connectivity index (χ0n) is 10.5. The van der Waals surface area contributed by atoms with Crippen LogP contribution >= 0.6 is 0 Å². The normalized spacial score (nSPS) is 10.1. The van der Waals surface area contributed by atoms with Gasteiger partial charge in [0.05, 0.1) is 24.5 Å². The molecule has 5 nitrogen and oxygen atoms in total. The van der Waals surface area contributed by atoms with Gasteiger partial charge in [-0.1, -0.05) is 0 Å². The van der Waals surface area contributed by atoms with Crippen LogP contribution in [0.5, 0.6) is 5.75 Å². The summed E-state index contributed by atoms with van der Waals surface area (Å²) in [7, 11) is 0. The van der Waals surface area contributed by atoms with Crippen molar-refractivity contribution in [3.63, 3.8) is 0 Å². The number of aliphatic hydroxyl groups is 1. The molecule has 1 aromatic carbocycles. The fraction of sp³-hybridized carbons (Fsp3) is 0.462. The smallest absolute Gasteiger partial charge is 0.338 e. The largest absolute Gasteiger partial charge is 0.491 e. The third kappa shape index (κ3) is 4.25. The van der Waals surface area contributed by atoms with Gasteiger partial charge in [0.15, 0.2) is 0 Å². The maximum Gasteiger partial charge on any atom is 0.338 e. The number of nitrogens with two attached hydrogens (primary N) is 1. The molecule has 3 N–H and O–H groups in total. The molecule has 0 amide bonds. The molecule has 0 bridgehead atoms. The highest BCUT2D eigenvalue weighted by Crippen LogP contribution is 2.23. The molecule has 0 atom stereocenters. The Morgan fingerprint density at radius 3 is 2.83 bits per heavy atom. The molecule has 0 saturated heterocycles. The molecule has 0 saturated carbocycles. The van der Waals surface area contributed by atoms with Crippen LogP contribution in [0.3, 0.4) is 0 Å². The van der Waals surface area contributed by atoms with Crippen molar-refractivity contribution in [2.75, 3.05) is 25.6 Å². The minimum absolute atomic E-state index is 0.141. The first-order valence-corrected chi connectivity index (χ1v) is 5.99. The van der Waals surface area contributed by atoms with Gasteiger partial charge in [0.1, 0.15) is 5.75 Å². The Hall–Kier alpha value is -1.75. The monoisotopic (exact) mass is 253 g/mol. The Balaban J connectivity index is 2.66. The van der Waals surface area contributed by atoms with Gasteiger partial charge in [-0.15, -0.1) is 0 Å². The number of benzene rings is 1. The van der Waals surface area contributed by atoms with Crippen LogP contribution in [0.4, 0.5) is 5.69 Å². The van der Waals surface area contributed by atoms with E-state index in [1.54, 1.807) is 25.1 Å². The molecule has 18 heavy (non-hydrogen) atoms. The highest BCUT2D eigenvalue weighted by Gasteiger charge is 2.09. The summed E-state index contributed by atoms with van der Waals surface area (Å²) >= 11 is 0. The van der Waals surface area contributed by atoms with Gasteiger partial charge in [0, 0.05) is 6.61 Å². The molecule has 0 aliphatic heterocycles. The highest BCUT2D eigenvalue weighted by atomic mass is 16.5. The van der Waals surface area contributed by atoms with Crippen LogP contribution < -0.4 is 10.5 Å². The van der Waals surface area contributed by atoms with Crippen LogP contribution in [0, 0.1) is 0 Å². The van der Waals surface area contributed by atoms with Gasteiger partial charge in [-0.05, 0) is 38.0 Å². The molecule has 0 unspecified atom stereocenters. The van der Waals surface area contributed by atoms with Crippen molar-refractivity contribution in [2.24, 2.45) is 0 Å². The fourth-order valence-corrected chi connectivity index (χ4v) is 1.40. The van der Waals surface area contributed by atoms with Crippen molar-refractivity contribution in [1.29, 1.82) is 0 Å². The van der Waals surface area contributed by atoms with E-state index in [2.05, 4.69) is 0 Å². The number of anilines is 1. The number of hydrogen-bond donors (Lipinski definition) is 2. The number of rotatable bonds is 7. The Labute approximate surface area is 107 Å². The third-order valence-electron chi connectivity index (χ3n) is 2.33. The minimum atomic E-state index is -0.391. The van der Waals surface area contributed by atoms with Gasteiger partial charge >= 0.3 is 5.97 Å². The first kappa shape index (κ1) is 14.3. The van der Waals surface area contributed by atoms with E-state index in [1.165, 1.54) is 0 Å². The summed E-state index contributed by atoms with van der Waals surface area (Å²) < 4.78 is 10.4. The second-order valence-corrected chi connectivity index (χ2v) is 3.75. The number of carbonyl (C=O) groups is 1. The van der Waals surface area contributed by atoms with Gasteiger partial charge < -0.3 is 20.3 Å². The van der Waals surface area contributed by atoms with Gasteiger partial charge in [0.2, 0.25) is 0 Å². The predicted octanol–water partition coefficient (Wildman–Crippen LogP) is 1.60. The van der Waals surface area contributed by atoms with E-state index < -0.39 is 5.97 Å². The van der Waals surface area contributed by atoms with Crippen LogP contribution in [0.2, 0.25) is 0 Å². The van der Waals surface area contributed by atoms with E-state index in [9.17, 15) is 4.79 Å². The van der Waals surface area contributed by atoms with Gasteiger partial charge in [0.25, 0.3) is 0 Å². The number of hydrogen-bond acceptors (Lipinski definition) is 5. The Bertz CT molecular complexity index is 393. The summed E-state index contributed by atoms with van der Waals surface area (Å²) in [5, 5.41) is 8.65. The summed E-state index contributed by atoms with van der Waals surface area (Å²) in [6.07, 6.45) is 1.41. The van der Waals surface area contributed by atoms with Crippen molar-refractivity contribution in [1.82, 2.24) is 0 Å². The molecule has 0 aromatic heterocycles. The van der Waals surface area contributed by atoms with Crippen LogP contribution in [0.25, 0.3) is 0 Å². The molecule has 1 aromatic rings. The van der Waals surface area contributed by atoms with E-state index >= 15 is 0 Å². The summed E-state index contributed by atoms with van der Waals surface area (Å²) in [5.74, 6) is 0.0798. The Morgan fingerprint density at radius 1 is 1.39 bits per heavy atom. The van der Waals surface area contributed by atoms with Gasteiger partial charge in [-0.2, -0.15) is 0 Å². The minimum Gasteiger partial charge on any atom is -0.491 e. The van der Waals surface area contributed by atoms with Crippen molar-refractivity contribution < 1.29 is 19.4 Å². The summed E-state index contributed by atoms with van der Waals surface area (Å²) in [5.41, 5.74) is 6.65. The summed E-state index contributed by atoms with van der Waals surface area (Å²) in [6, 6.07) is 4.80. The molecule has 0 spiro atoms. The molecule has 0 heterocycles. The van der Waals surface area contributed by atoms with Crippen LogP contribution in [0.15, 0.2) is 18.2 Å². The molecule has 0 radical (unpaired) electrons. The first-order valence-electron chi connectivity index (χ1n) is 5.99.